The summed E-state index contributed by atoms with van der Waals surface area (Å²) in [6, 6.07) is 18.1. The molecule has 4 heterocycles. The highest BCUT2D eigenvalue weighted by Gasteiger charge is 2.25. The third kappa shape index (κ3) is 4.19. The Kier molecular flexibility index (Phi) is 5.55. The molecular weight excluding hydrogens is 420 g/mol. The Morgan fingerprint density at radius 2 is 0.971 bits per heavy atom. The number of H-pyrrole nitrogens is 2. The van der Waals surface area contributed by atoms with Gasteiger partial charge in [0.05, 0.1) is 35.9 Å². The fraction of sp³-hybridized carbons (Fsp3) is 0.357. The van der Waals surface area contributed by atoms with Crippen molar-refractivity contribution < 1.29 is 0 Å². The molecule has 0 spiro atoms. The molecule has 6 rings (SSSR count). The van der Waals surface area contributed by atoms with Crippen LogP contribution in [0.3, 0.4) is 0 Å². The van der Waals surface area contributed by atoms with Gasteiger partial charge in [0, 0.05) is 0 Å². The van der Waals surface area contributed by atoms with Crippen LogP contribution in [0.2, 0.25) is 0 Å². The van der Waals surface area contributed by atoms with E-state index in [-0.39, 0.29) is 0 Å². The van der Waals surface area contributed by atoms with Crippen molar-refractivity contribution in [2.75, 3.05) is 13.1 Å². The van der Waals surface area contributed by atoms with Crippen molar-refractivity contribution in [3.8, 4) is 33.6 Å². The summed E-state index contributed by atoms with van der Waals surface area (Å²) < 4.78 is 0. The smallest absolute Gasteiger partial charge is 0.123 e. The number of rotatable bonds is 5. The third-order valence-electron chi connectivity index (χ3n) is 7.28. The highest BCUT2D eigenvalue weighted by Crippen LogP contribution is 2.30. The van der Waals surface area contributed by atoms with Gasteiger partial charge in [-0.3, -0.25) is 0 Å². The lowest BCUT2D eigenvalue weighted by Crippen LogP contribution is -2.14. The first-order chi connectivity index (χ1) is 16.6. The van der Waals surface area contributed by atoms with Crippen molar-refractivity contribution in [2.45, 2.75) is 38.8 Å². The van der Waals surface area contributed by atoms with Gasteiger partial charge in [-0.05, 0) is 60.0 Å². The average molecular weight is 453 g/mol. The zero-order valence-electron chi connectivity index (χ0n) is 19.8. The molecule has 4 N–H and O–H groups in total. The van der Waals surface area contributed by atoms with E-state index in [0.717, 1.165) is 60.1 Å². The molecule has 2 saturated heterocycles. The second-order valence-electron chi connectivity index (χ2n) is 10.1. The molecule has 0 amide bonds. The lowest BCUT2D eigenvalue weighted by molar-refractivity contribution is 0.588. The molecule has 34 heavy (non-hydrogen) atoms. The van der Waals surface area contributed by atoms with Crippen LogP contribution in [0.4, 0.5) is 0 Å². The van der Waals surface area contributed by atoms with Gasteiger partial charge in [0.2, 0.25) is 0 Å². The molecular formula is C28H32N6. The Labute approximate surface area is 200 Å². The van der Waals surface area contributed by atoms with Crippen LogP contribution in [0.1, 0.15) is 50.4 Å². The normalized spacial score (nSPS) is 24.6. The number of aromatic amines is 2. The molecule has 4 atom stereocenters. The molecule has 2 aromatic heterocycles. The largest absolute Gasteiger partial charge is 0.341 e. The maximum atomic E-state index is 4.63. The molecule has 2 aliphatic rings. The molecule has 0 bridgehead atoms. The highest BCUT2D eigenvalue weighted by atomic mass is 15.0. The minimum Gasteiger partial charge on any atom is -0.341 e. The van der Waals surface area contributed by atoms with E-state index in [1.54, 1.807) is 0 Å². The first-order valence-electron chi connectivity index (χ1n) is 12.4. The summed E-state index contributed by atoms with van der Waals surface area (Å²) in [4.78, 5) is 16.3. The Hall–Kier alpha value is -3.22. The molecule has 0 radical (unpaired) electrons. The topological polar surface area (TPSA) is 81.4 Å². The van der Waals surface area contributed by atoms with Crippen LogP contribution in [0.25, 0.3) is 33.6 Å². The van der Waals surface area contributed by atoms with E-state index in [1.807, 2.05) is 12.4 Å². The lowest BCUT2D eigenvalue weighted by atomic mass is 10.0. The minimum atomic E-state index is 0.338. The standard InChI is InChI=1S/C28H32N6/c1-17-11-23(29-13-17)27-31-15-25(33-27)21-7-3-19(4-8-21)20-5-9-22(10-6-20)26-16-32-28(34-26)24-12-18(2)14-30-24/h3-10,15-18,23-24,29-30H,11-14H2,1-2H3,(H,31,33)(H,32,34)/t17-,18-,23-,24-/m0/s1. The molecule has 0 saturated carbocycles. The summed E-state index contributed by atoms with van der Waals surface area (Å²) in [7, 11) is 0. The monoisotopic (exact) mass is 452 g/mol. The van der Waals surface area contributed by atoms with Crippen LogP contribution >= 0.6 is 0 Å². The minimum absolute atomic E-state index is 0.338. The first kappa shape index (κ1) is 21.3. The van der Waals surface area contributed by atoms with E-state index in [9.17, 15) is 0 Å². The Bertz CT molecular complexity index is 1150. The molecule has 2 aliphatic heterocycles. The van der Waals surface area contributed by atoms with E-state index in [4.69, 9.17) is 0 Å². The predicted octanol–water partition coefficient (Wildman–Crippen LogP) is 5.47. The van der Waals surface area contributed by atoms with Gasteiger partial charge < -0.3 is 20.6 Å². The number of nitrogens with zero attached hydrogens (tertiary/aromatic N) is 2. The van der Waals surface area contributed by atoms with Crippen molar-refractivity contribution in [1.82, 2.24) is 30.6 Å². The van der Waals surface area contributed by atoms with Crippen LogP contribution in [0.15, 0.2) is 60.9 Å². The van der Waals surface area contributed by atoms with Gasteiger partial charge in [-0.2, -0.15) is 0 Å². The Balaban J connectivity index is 1.15. The van der Waals surface area contributed by atoms with Crippen LogP contribution in [-0.2, 0) is 0 Å². The average Bonchev–Trinajstić information content (AvgIpc) is 3.66. The van der Waals surface area contributed by atoms with Gasteiger partial charge in [0.15, 0.2) is 0 Å². The van der Waals surface area contributed by atoms with E-state index in [0.29, 0.717) is 23.9 Å². The summed E-state index contributed by atoms with van der Waals surface area (Å²) in [6.07, 6.45) is 6.17. The van der Waals surface area contributed by atoms with Crippen molar-refractivity contribution in [1.29, 1.82) is 0 Å². The van der Waals surface area contributed by atoms with Gasteiger partial charge in [-0.1, -0.05) is 62.4 Å². The number of nitrogens with one attached hydrogen (secondary N) is 4. The van der Waals surface area contributed by atoms with Crippen molar-refractivity contribution in [3.05, 3.63) is 72.6 Å². The lowest BCUT2D eigenvalue weighted by Gasteiger charge is -2.07. The summed E-state index contributed by atoms with van der Waals surface area (Å²) in [5, 5.41) is 7.10. The van der Waals surface area contributed by atoms with E-state index < -0.39 is 0 Å². The number of benzene rings is 2. The summed E-state index contributed by atoms with van der Waals surface area (Å²) in [5.41, 5.74) is 6.86. The van der Waals surface area contributed by atoms with Gasteiger partial charge >= 0.3 is 0 Å². The molecule has 0 unspecified atom stereocenters. The predicted molar refractivity (Wildman–Crippen MR) is 136 cm³/mol. The van der Waals surface area contributed by atoms with E-state index >= 15 is 0 Å². The highest BCUT2D eigenvalue weighted by molar-refractivity contribution is 5.71. The third-order valence-corrected chi connectivity index (χ3v) is 7.28. The van der Waals surface area contributed by atoms with Crippen molar-refractivity contribution in [2.24, 2.45) is 11.8 Å². The fourth-order valence-corrected chi connectivity index (χ4v) is 5.25. The summed E-state index contributed by atoms with van der Waals surface area (Å²) in [6.45, 7) is 6.69. The summed E-state index contributed by atoms with van der Waals surface area (Å²) >= 11 is 0. The molecule has 6 nitrogen and oxygen atoms in total. The maximum absolute atomic E-state index is 4.63. The molecule has 0 aliphatic carbocycles. The molecule has 2 fully saturated rings. The molecule has 4 aromatic rings. The zero-order chi connectivity index (χ0) is 23.1. The van der Waals surface area contributed by atoms with Crippen LogP contribution in [0.5, 0.6) is 0 Å². The van der Waals surface area contributed by atoms with Crippen LogP contribution in [0, 0.1) is 11.8 Å². The maximum Gasteiger partial charge on any atom is 0.123 e. The molecule has 174 valence electrons. The van der Waals surface area contributed by atoms with Gasteiger partial charge in [-0.15, -0.1) is 0 Å². The van der Waals surface area contributed by atoms with Gasteiger partial charge in [0.25, 0.3) is 0 Å². The van der Waals surface area contributed by atoms with Gasteiger partial charge in [-0.25, -0.2) is 9.97 Å². The van der Waals surface area contributed by atoms with Crippen LogP contribution in [-0.4, -0.2) is 33.0 Å². The number of imidazole rings is 2. The van der Waals surface area contributed by atoms with E-state index in [1.165, 1.54) is 11.1 Å². The second-order valence-corrected chi connectivity index (χ2v) is 10.1. The number of aromatic nitrogens is 4. The Morgan fingerprint density at radius 1 is 0.588 bits per heavy atom. The van der Waals surface area contributed by atoms with Gasteiger partial charge in [0.1, 0.15) is 11.6 Å². The van der Waals surface area contributed by atoms with E-state index in [2.05, 4.69) is 92.9 Å². The SMILES string of the molecule is C[C@@H]1CN[C@H](c2ncc(-c3ccc(-c4ccc(-c5cnc([C@@H]6C[C@H](C)CN6)[nH]5)cc4)cc3)[nH]2)C1. The van der Waals surface area contributed by atoms with Crippen molar-refractivity contribution >= 4 is 0 Å². The zero-order valence-corrected chi connectivity index (χ0v) is 19.8. The molecule has 2 aromatic carbocycles. The second kappa shape index (κ2) is 8.85. The van der Waals surface area contributed by atoms with Crippen molar-refractivity contribution in [3.63, 3.8) is 0 Å². The fourth-order valence-electron chi connectivity index (χ4n) is 5.25. The Morgan fingerprint density at radius 3 is 1.32 bits per heavy atom. The summed E-state index contributed by atoms with van der Waals surface area (Å²) in [5.74, 6) is 3.48. The number of hydrogen-bond acceptors (Lipinski definition) is 4. The van der Waals surface area contributed by atoms with Crippen LogP contribution < -0.4 is 10.6 Å². The number of hydrogen-bond donors (Lipinski definition) is 4. The first-order valence-corrected chi connectivity index (χ1v) is 12.4. The molecule has 6 heteroatoms. The quantitative estimate of drug-likeness (QED) is 0.323.